The number of anilines is 1. The molecule has 2 aromatic carbocycles. The van der Waals surface area contributed by atoms with E-state index in [0.717, 1.165) is 39.0 Å². The number of quaternary nitrogens is 1. The normalized spacial score (nSPS) is 17.3. The minimum Gasteiger partial charge on any atom is -0.360 e. The third-order valence-corrected chi connectivity index (χ3v) is 5.63. The third kappa shape index (κ3) is 5.10. The van der Waals surface area contributed by atoms with Gasteiger partial charge in [-0.1, -0.05) is 61.9 Å². The largest absolute Gasteiger partial charge is 0.360 e. The van der Waals surface area contributed by atoms with E-state index in [2.05, 4.69) is 66.5 Å². The molecule has 1 amide bonds. The first-order chi connectivity index (χ1) is 13.2. The summed E-state index contributed by atoms with van der Waals surface area (Å²) in [5.41, 5.74) is 2.48. The van der Waals surface area contributed by atoms with Gasteiger partial charge in [0.1, 0.15) is 0 Å². The summed E-state index contributed by atoms with van der Waals surface area (Å²) >= 11 is 0. The zero-order valence-corrected chi connectivity index (χ0v) is 16.5. The second-order valence-corrected chi connectivity index (χ2v) is 7.46. The van der Waals surface area contributed by atoms with E-state index in [4.69, 9.17) is 0 Å². The van der Waals surface area contributed by atoms with Gasteiger partial charge in [0.25, 0.3) is 5.91 Å². The van der Waals surface area contributed by atoms with Crippen molar-refractivity contribution in [3.63, 3.8) is 0 Å². The van der Waals surface area contributed by atoms with Crippen LogP contribution in [0.25, 0.3) is 0 Å². The lowest BCUT2D eigenvalue weighted by atomic mass is 10.0. The Kier molecular flexibility index (Phi) is 6.88. The maximum atomic E-state index is 12.9. The van der Waals surface area contributed by atoms with E-state index < -0.39 is 0 Å². The molecule has 1 heterocycles. The van der Waals surface area contributed by atoms with Crippen LogP contribution < -0.4 is 15.1 Å². The summed E-state index contributed by atoms with van der Waals surface area (Å²) in [6.07, 6.45) is 2.02. The number of hydrogen-bond donors (Lipinski definition) is 2. The summed E-state index contributed by atoms with van der Waals surface area (Å²) in [7, 11) is 0. The van der Waals surface area contributed by atoms with E-state index in [1.165, 1.54) is 16.2 Å². The molecule has 2 N–H and O–H groups in total. The molecule has 0 saturated carbocycles. The fraction of sp³-hybridized carbons (Fsp3) is 0.435. The lowest BCUT2D eigenvalue weighted by Crippen LogP contribution is -3.19. The van der Waals surface area contributed by atoms with Crippen LogP contribution in [0.5, 0.6) is 0 Å². The predicted molar refractivity (Wildman–Crippen MR) is 111 cm³/mol. The van der Waals surface area contributed by atoms with E-state index in [-0.39, 0.29) is 18.0 Å². The monoisotopic (exact) mass is 366 g/mol. The first-order valence-electron chi connectivity index (χ1n) is 10.2. The van der Waals surface area contributed by atoms with Crippen LogP contribution in [0.2, 0.25) is 0 Å². The van der Waals surface area contributed by atoms with Crippen molar-refractivity contribution in [1.82, 2.24) is 5.32 Å². The molecular formula is C23H32N3O+. The lowest BCUT2D eigenvalue weighted by Gasteiger charge is -2.36. The predicted octanol–water partition coefficient (Wildman–Crippen LogP) is 2.44. The molecule has 1 saturated heterocycles. The Morgan fingerprint density at radius 1 is 1.04 bits per heavy atom. The number of benzene rings is 2. The van der Waals surface area contributed by atoms with Gasteiger partial charge in [-0.15, -0.1) is 0 Å². The van der Waals surface area contributed by atoms with Crippen molar-refractivity contribution in [1.29, 1.82) is 0 Å². The van der Waals surface area contributed by atoms with E-state index in [1.54, 1.807) is 0 Å². The molecule has 2 atom stereocenters. The van der Waals surface area contributed by atoms with E-state index in [1.807, 2.05) is 18.2 Å². The first-order valence-corrected chi connectivity index (χ1v) is 10.2. The molecule has 4 heteroatoms. The van der Waals surface area contributed by atoms with E-state index >= 15 is 0 Å². The molecule has 27 heavy (non-hydrogen) atoms. The van der Waals surface area contributed by atoms with Gasteiger partial charge in [0, 0.05) is 5.69 Å². The SMILES string of the molecule is CCC[C@@H](NC(=O)[C@@H](C)[NH+]1CCN(c2ccccc2)CC1)c1ccccc1. The van der Waals surface area contributed by atoms with Gasteiger partial charge in [0.05, 0.1) is 32.2 Å². The summed E-state index contributed by atoms with van der Waals surface area (Å²) in [5, 5.41) is 3.30. The van der Waals surface area contributed by atoms with Gasteiger partial charge in [-0.05, 0) is 31.0 Å². The van der Waals surface area contributed by atoms with Crippen LogP contribution in [0.3, 0.4) is 0 Å². The number of amides is 1. The Hall–Kier alpha value is -2.33. The fourth-order valence-electron chi connectivity index (χ4n) is 3.90. The number of nitrogens with one attached hydrogen (secondary N) is 2. The molecule has 1 aliphatic rings. The van der Waals surface area contributed by atoms with Gasteiger partial charge in [-0.2, -0.15) is 0 Å². The number of piperazine rings is 1. The number of hydrogen-bond acceptors (Lipinski definition) is 2. The third-order valence-electron chi connectivity index (χ3n) is 5.63. The molecule has 4 nitrogen and oxygen atoms in total. The minimum absolute atomic E-state index is 0.0222. The van der Waals surface area contributed by atoms with Crippen LogP contribution in [0, 0.1) is 0 Å². The highest BCUT2D eigenvalue weighted by Gasteiger charge is 2.30. The molecule has 0 radical (unpaired) electrons. The highest BCUT2D eigenvalue weighted by atomic mass is 16.2. The molecule has 0 spiro atoms. The second kappa shape index (κ2) is 9.56. The van der Waals surface area contributed by atoms with Crippen LogP contribution in [0.4, 0.5) is 5.69 Å². The zero-order valence-electron chi connectivity index (χ0n) is 16.5. The fourth-order valence-corrected chi connectivity index (χ4v) is 3.90. The van der Waals surface area contributed by atoms with Crippen molar-refractivity contribution in [3.8, 4) is 0 Å². The standard InChI is InChI=1S/C23H31N3O/c1-3-10-22(20-11-6-4-7-12-20)24-23(27)19(2)25-15-17-26(18-16-25)21-13-8-5-9-14-21/h4-9,11-14,19,22H,3,10,15-18H2,1-2H3,(H,24,27)/p+1/t19-,22-/m1/s1. The van der Waals surface area contributed by atoms with Gasteiger partial charge >= 0.3 is 0 Å². The maximum absolute atomic E-state index is 12.9. The quantitative estimate of drug-likeness (QED) is 0.790. The Balaban J connectivity index is 1.55. The lowest BCUT2D eigenvalue weighted by molar-refractivity contribution is -0.914. The Morgan fingerprint density at radius 2 is 1.63 bits per heavy atom. The molecule has 144 valence electrons. The van der Waals surface area contributed by atoms with E-state index in [0.29, 0.717) is 0 Å². The number of rotatable bonds is 7. The minimum atomic E-state index is -0.0222. The number of nitrogens with zero attached hydrogens (tertiary/aromatic N) is 1. The van der Waals surface area contributed by atoms with Gasteiger partial charge in [0.15, 0.2) is 6.04 Å². The van der Waals surface area contributed by atoms with Crippen LogP contribution in [-0.4, -0.2) is 38.1 Å². The first kappa shape index (κ1) is 19.4. The smallest absolute Gasteiger partial charge is 0.278 e. The Bertz CT molecular complexity index is 696. The van der Waals surface area contributed by atoms with Crippen molar-refractivity contribution in [2.45, 2.75) is 38.8 Å². The molecule has 2 aromatic rings. The molecule has 0 unspecified atom stereocenters. The average molecular weight is 367 g/mol. The highest BCUT2D eigenvalue weighted by molar-refractivity contribution is 5.80. The maximum Gasteiger partial charge on any atom is 0.278 e. The van der Waals surface area contributed by atoms with Gasteiger partial charge in [-0.3, -0.25) is 4.79 Å². The molecule has 1 aliphatic heterocycles. The molecule has 0 bridgehead atoms. The van der Waals surface area contributed by atoms with Crippen molar-refractivity contribution >= 4 is 11.6 Å². The van der Waals surface area contributed by atoms with Gasteiger partial charge < -0.3 is 15.1 Å². The highest BCUT2D eigenvalue weighted by Crippen LogP contribution is 2.18. The van der Waals surface area contributed by atoms with Crippen molar-refractivity contribution < 1.29 is 9.69 Å². The summed E-state index contributed by atoms with van der Waals surface area (Å²) in [4.78, 5) is 16.7. The second-order valence-electron chi connectivity index (χ2n) is 7.46. The van der Waals surface area contributed by atoms with Crippen molar-refractivity contribution in [3.05, 3.63) is 66.2 Å². The Labute approximate surface area is 163 Å². The van der Waals surface area contributed by atoms with Gasteiger partial charge in [0.2, 0.25) is 0 Å². The van der Waals surface area contributed by atoms with E-state index in [9.17, 15) is 4.79 Å². The summed E-state index contributed by atoms with van der Waals surface area (Å²) in [5.74, 6) is 0.167. The van der Waals surface area contributed by atoms with Crippen LogP contribution in [-0.2, 0) is 4.79 Å². The summed E-state index contributed by atoms with van der Waals surface area (Å²) < 4.78 is 0. The number of carbonyl (C=O) groups excluding carboxylic acids is 1. The van der Waals surface area contributed by atoms with Crippen LogP contribution in [0.1, 0.15) is 38.3 Å². The molecule has 0 aliphatic carbocycles. The van der Waals surface area contributed by atoms with Crippen LogP contribution in [0.15, 0.2) is 60.7 Å². The zero-order chi connectivity index (χ0) is 19.1. The van der Waals surface area contributed by atoms with Gasteiger partial charge in [-0.25, -0.2) is 0 Å². The molecule has 0 aromatic heterocycles. The average Bonchev–Trinajstić information content (AvgIpc) is 2.74. The van der Waals surface area contributed by atoms with Crippen LogP contribution >= 0.6 is 0 Å². The van der Waals surface area contributed by atoms with Crippen molar-refractivity contribution in [2.75, 3.05) is 31.1 Å². The molecule has 3 rings (SSSR count). The Morgan fingerprint density at radius 3 is 2.22 bits per heavy atom. The molecule has 1 fully saturated rings. The summed E-state index contributed by atoms with van der Waals surface area (Å²) in [6, 6.07) is 21.0. The number of para-hydroxylation sites is 1. The molecular weight excluding hydrogens is 334 g/mol. The topological polar surface area (TPSA) is 36.8 Å². The van der Waals surface area contributed by atoms with Crippen molar-refractivity contribution in [2.24, 2.45) is 0 Å². The number of carbonyl (C=O) groups is 1. The summed E-state index contributed by atoms with van der Waals surface area (Å²) in [6.45, 7) is 8.21.